The summed E-state index contributed by atoms with van der Waals surface area (Å²) in [6.45, 7) is 6.79. The molecule has 1 atom stereocenters. The van der Waals surface area contributed by atoms with Crippen molar-refractivity contribution < 1.29 is 4.79 Å². The molecule has 0 saturated heterocycles. The Hall–Kier alpha value is -1.72. The van der Waals surface area contributed by atoms with Crippen LogP contribution in [0.25, 0.3) is 10.6 Å². The Kier molecular flexibility index (Phi) is 6.30. The first-order valence-corrected chi connectivity index (χ1v) is 8.86. The highest BCUT2D eigenvalue weighted by molar-refractivity contribution is 7.13. The molecule has 4 nitrogen and oxygen atoms in total. The number of nitrogens with zero attached hydrogens (tertiary/aromatic N) is 1. The topological polar surface area (TPSA) is 68.0 Å². The zero-order valence-corrected chi connectivity index (χ0v) is 14.8. The van der Waals surface area contributed by atoms with Crippen LogP contribution in [0.15, 0.2) is 29.6 Å². The van der Waals surface area contributed by atoms with E-state index in [2.05, 4.69) is 55.3 Å². The number of aryl methyl sites for hydroxylation is 1. The lowest BCUT2D eigenvalue weighted by Gasteiger charge is -2.18. The van der Waals surface area contributed by atoms with Gasteiger partial charge in [0, 0.05) is 23.5 Å². The van der Waals surface area contributed by atoms with Crippen molar-refractivity contribution in [3.8, 4) is 10.6 Å². The van der Waals surface area contributed by atoms with Gasteiger partial charge in [0.1, 0.15) is 5.01 Å². The normalized spacial score (nSPS) is 12.4. The number of hydrogen-bond acceptors (Lipinski definition) is 4. The second-order valence-corrected chi connectivity index (χ2v) is 7.17. The van der Waals surface area contributed by atoms with E-state index in [1.54, 1.807) is 11.3 Å². The fourth-order valence-electron chi connectivity index (χ4n) is 2.44. The Morgan fingerprint density at radius 2 is 2.00 bits per heavy atom. The first-order chi connectivity index (χ1) is 11.0. The number of nitrogens with two attached hydrogens (primary N) is 1. The van der Waals surface area contributed by atoms with Gasteiger partial charge in [-0.1, -0.05) is 43.7 Å². The van der Waals surface area contributed by atoms with Gasteiger partial charge < -0.3 is 11.1 Å². The monoisotopic (exact) mass is 331 g/mol. The van der Waals surface area contributed by atoms with Crippen LogP contribution < -0.4 is 11.1 Å². The summed E-state index contributed by atoms with van der Waals surface area (Å²) in [5, 5.41) is 5.91. The van der Waals surface area contributed by atoms with Gasteiger partial charge in [0.25, 0.3) is 0 Å². The molecule has 0 radical (unpaired) electrons. The van der Waals surface area contributed by atoms with E-state index in [0.29, 0.717) is 18.9 Å². The first kappa shape index (κ1) is 17.6. The van der Waals surface area contributed by atoms with Crippen LogP contribution in [0.5, 0.6) is 0 Å². The number of nitrogens with one attached hydrogen (secondary N) is 1. The molecule has 0 aliphatic heterocycles. The molecule has 1 aromatic carbocycles. The predicted octanol–water partition coefficient (Wildman–Crippen LogP) is 3.15. The van der Waals surface area contributed by atoms with Crippen LogP contribution in [0.3, 0.4) is 0 Å². The summed E-state index contributed by atoms with van der Waals surface area (Å²) in [5.74, 6) is 0.498. The lowest BCUT2D eigenvalue weighted by Crippen LogP contribution is -2.41. The highest BCUT2D eigenvalue weighted by Gasteiger charge is 2.14. The summed E-state index contributed by atoms with van der Waals surface area (Å²) in [5.41, 5.74) is 8.85. The van der Waals surface area contributed by atoms with Crippen molar-refractivity contribution in [2.75, 3.05) is 6.54 Å². The Morgan fingerprint density at radius 3 is 2.61 bits per heavy atom. The number of amides is 1. The van der Waals surface area contributed by atoms with Crippen molar-refractivity contribution >= 4 is 17.2 Å². The van der Waals surface area contributed by atoms with Gasteiger partial charge in [-0.05, 0) is 19.3 Å². The van der Waals surface area contributed by atoms with E-state index in [0.717, 1.165) is 22.7 Å². The SMILES string of the molecule is Cc1ccc(-c2nc(CC(=O)NC(CN)CC(C)C)cs2)cc1. The van der Waals surface area contributed by atoms with E-state index in [4.69, 9.17) is 5.73 Å². The lowest BCUT2D eigenvalue weighted by atomic mass is 10.0. The minimum absolute atomic E-state index is 0.0122. The van der Waals surface area contributed by atoms with E-state index >= 15 is 0 Å². The predicted molar refractivity (Wildman–Crippen MR) is 96.4 cm³/mol. The zero-order chi connectivity index (χ0) is 16.8. The fraction of sp³-hybridized carbons (Fsp3) is 0.444. The molecule has 2 rings (SSSR count). The maximum Gasteiger partial charge on any atom is 0.226 e. The van der Waals surface area contributed by atoms with Crippen LogP contribution in [-0.4, -0.2) is 23.5 Å². The second kappa shape index (κ2) is 8.22. The van der Waals surface area contributed by atoms with Gasteiger partial charge in [-0.25, -0.2) is 4.98 Å². The maximum absolute atomic E-state index is 12.2. The van der Waals surface area contributed by atoms with Gasteiger partial charge in [0.15, 0.2) is 0 Å². The average molecular weight is 331 g/mol. The summed E-state index contributed by atoms with van der Waals surface area (Å²) >= 11 is 1.57. The molecule has 2 aromatic rings. The lowest BCUT2D eigenvalue weighted by molar-refractivity contribution is -0.121. The third-order valence-electron chi connectivity index (χ3n) is 3.60. The molecular formula is C18H25N3OS. The van der Waals surface area contributed by atoms with Crippen LogP contribution in [-0.2, 0) is 11.2 Å². The Morgan fingerprint density at radius 1 is 1.30 bits per heavy atom. The number of carbonyl (C=O) groups is 1. The molecule has 0 bridgehead atoms. The Bertz CT molecular complexity index is 634. The van der Waals surface area contributed by atoms with E-state index in [1.807, 2.05) is 5.38 Å². The standard InChI is InChI=1S/C18H25N3OS/c1-12(2)8-15(10-19)20-17(22)9-16-11-23-18(21-16)14-6-4-13(3)5-7-14/h4-7,11-12,15H,8-10,19H2,1-3H3,(H,20,22). The van der Waals surface area contributed by atoms with Crippen molar-refractivity contribution in [2.24, 2.45) is 11.7 Å². The van der Waals surface area contributed by atoms with E-state index in [-0.39, 0.29) is 11.9 Å². The summed E-state index contributed by atoms with van der Waals surface area (Å²) in [7, 11) is 0. The largest absolute Gasteiger partial charge is 0.352 e. The Balaban J connectivity index is 1.95. The minimum Gasteiger partial charge on any atom is -0.352 e. The summed E-state index contributed by atoms with van der Waals surface area (Å²) < 4.78 is 0. The smallest absolute Gasteiger partial charge is 0.226 e. The molecule has 0 aliphatic rings. The molecule has 1 unspecified atom stereocenters. The minimum atomic E-state index is -0.0122. The Labute approximate surface area is 142 Å². The molecule has 1 heterocycles. The zero-order valence-electron chi connectivity index (χ0n) is 14.0. The highest BCUT2D eigenvalue weighted by Crippen LogP contribution is 2.24. The highest BCUT2D eigenvalue weighted by atomic mass is 32.1. The quantitative estimate of drug-likeness (QED) is 0.819. The average Bonchev–Trinajstić information content (AvgIpc) is 2.95. The van der Waals surface area contributed by atoms with Crippen molar-refractivity contribution in [1.29, 1.82) is 0 Å². The number of hydrogen-bond donors (Lipinski definition) is 2. The van der Waals surface area contributed by atoms with E-state index < -0.39 is 0 Å². The maximum atomic E-state index is 12.2. The molecule has 0 spiro atoms. The van der Waals surface area contributed by atoms with Crippen LogP contribution in [0.1, 0.15) is 31.5 Å². The van der Waals surface area contributed by atoms with Gasteiger partial charge in [0.05, 0.1) is 12.1 Å². The molecule has 0 saturated carbocycles. The number of rotatable bonds is 7. The molecule has 3 N–H and O–H groups in total. The fourth-order valence-corrected chi connectivity index (χ4v) is 3.27. The van der Waals surface area contributed by atoms with Gasteiger partial charge in [-0.2, -0.15) is 0 Å². The van der Waals surface area contributed by atoms with Gasteiger partial charge in [-0.3, -0.25) is 4.79 Å². The van der Waals surface area contributed by atoms with Crippen LogP contribution in [0, 0.1) is 12.8 Å². The third-order valence-corrected chi connectivity index (χ3v) is 4.54. The van der Waals surface area contributed by atoms with Crippen molar-refractivity contribution in [3.63, 3.8) is 0 Å². The number of benzene rings is 1. The molecule has 0 aliphatic carbocycles. The number of aromatic nitrogens is 1. The van der Waals surface area contributed by atoms with Crippen LogP contribution in [0.2, 0.25) is 0 Å². The van der Waals surface area contributed by atoms with Crippen molar-refractivity contribution in [1.82, 2.24) is 10.3 Å². The van der Waals surface area contributed by atoms with Crippen LogP contribution in [0.4, 0.5) is 0 Å². The molecule has 5 heteroatoms. The third kappa shape index (κ3) is 5.44. The molecule has 1 aromatic heterocycles. The summed E-state index contributed by atoms with van der Waals surface area (Å²) in [6, 6.07) is 8.30. The summed E-state index contributed by atoms with van der Waals surface area (Å²) in [4.78, 5) is 16.7. The number of thiazole rings is 1. The van der Waals surface area contributed by atoms with Crippen LogP contribution >= 0.6 is 11.3 Å². The molecule has 1 amide bonds. The van der Waals surface area contributed by atoms with Gasteiger partial charge in [0.2, 0.25) is 5.91 Å². The van der Waals surface area contributed by atoms with Gasteiger partial charge in [-0.15, -0.1) is 11.3 Å². The summed E-state index contributed by atoms with van der Waals surface area (Å²) in [6.07, 6.45) is 1.20. The second-order valence-electron chi connectivity index (χ2n) is 6.32. The van der Waals surface area contributed by atoms with Crippen molar-refractivity contribution in [2.45, 2.75) is 39.7 Å². The molecular weight excluding hydrogens is 306 g/mol. The molecule has 124 valence electrons. The first-order valence-electron chi connectivity index (χ1n) is 7.98. The van der Waals surface area contributed by atoms with Gasteiger partial charge >= 0.3 is 0 Å². The molecule has 23 heavy (non-hydrogen) atoms. The van der Waals surface area contributed by atoms with E-state index in [1.165, 1.54) is 5.56 Å². The molecule has 0 fully saturated rings. The number of carbonyl (C=O) groups excluding carboxylic acids is 1. The van der Waals surface area contributed by atoms with E-state index in [9.17, 15) is 4.79 Å². The van der Waals surface area contributed by atoms with Crippen molar-refractivity contribution in [3.05, 3.63) is 40.9 Å².